The summed E-state index contributed by atoms with van der Waals surface area (Å²) >= 11 is 3.45. The molecule has 1 N–H and O–H groups in total. The number of nitrogens with one attached hydrogen (secondary N) is 1. The molecule has 4 nitrogen and oxygen atoms in total. The molecule has 3 rings (SSSR count). The Morgan fingerprint density at radius 3 is 2.80 bits per heavy atom. The Kier molecular flexibility index (Phi) is 3.60. The minimum Gasteiger partial charge on any atom is -0.310 e. The van der Waals surface area contributed by atoms with Crippen LogP contribution in [0.5, 0.6) is 0 Å². The summed E-state index contributed by atoms with van der Waals surface area (Å²) in [6.07, 6.45) is 4.00. The van der Waals surface area contributed by atoms with E-state index in [4.69, 9.17) is 0 Å². The molecule has 0 aromatic carbocycles. The number of pyridine rings is 1. The largest absolute Gasteiger partial charge is 0.310 e. The van der Waals surface area contributed by atoms with Gasteiger partial charge in [-0.05, 0) is 48.7 Å². The van der Waals surface area contributed by atoms with Crippen molar-refractivity contribution in [1.82, 2.24) is 20.1 Å². The van der Waals surface area contributed by atoms with Crippen LogP contribution in [-0.4, -0.2) is 20.8 Å². The van der Waals surface area contributed by atoms with Gasteiger partial charge in [0.15, 0.2) is 11.6 Å². The van der Waals surface area contributed by atoms with E-state index in [2.05, 4.69) is 31.3 Å². The van der Waals surface area contributed by atoms with E-state index >= 15 is 0 Å². The maximum absolute atomic E-state index is 14.6. The Hall–Kier alpha value is -1.27. The van der Waals surface area contributed by atoms with Crippen molar-refractivity contribution in [2.24, 2.45) is 0 Å². The van der Waals surface area contributed by atoms with Crippen LogP contribution in [0.4, 0.5) is 4.39 Å². The number of aryl methyl sites for hydroxylation is 1. The normalized spacial score (nSPS) is 14.8. The van der Waals surface area contributed by atoms with E-state index in [1.807, 2.05) is 13.8 Å². The lowest BCUT2D eigenvalue weighted by molar-refractivity contribution is 0.564. The lowest BCUT2D eigenvalue weighted by atomic mass is 10.2. The molecule has 1 fully saturated rings. The molecule has 0 amide bonds. The molecule has 2 aromatic rings. The zero-order chi connectivity index (χ0) is 14.3. The Morgan fingerprint density at radius 1 is 1.45 bits per heavy atom. The topological polar surface area (TPSA) is 42.7 Å². The maximum atomic E-state index is 14.6. The molecule has 6 heteroatoms. The van der Waals surface area contributed by atoms with Gasteiger partial charge in [0, 0.05) is 24.3 Å². The SMILES string of the molecule is Cc1nn(-c2nccc(CNC3CC3)c2F)c(C)c1Br. The van der Waals surface area contributed by atoms with Crippen LogP contribution >= 0.6 is 15.9 Å². The van der Waals surface area contributed by atoms with Crippen LogP contribution in [0.2, 0.25) is 0 Å². The highest BCUT2D eigenvalue weighted by Crippen LogP contribution is 2.25. The van der Waals surface area contributed by atoms with Crippen molar-refractivity contribution >= 4 is 15.9 Å². The van der Waals surface area contributed by atoms with E-state index in [0.29, 0.717) is 18.2 Å². The van der Waals surface area contributed by atoms with E-state index in [1.54, 1.807) is 16.9 Å². The highest BCUT2D eigenvalue weighted by Gasteiger charge is 2.22. The average molecular weight is 339 g/mol. The zero-order valence-electron chi connectivity index (χ0n) is 11.5. The van der Waals surface area contributed by atoms with Gasteiger partial charge in [0.05, 0.1) is 15.9 Å². The van der Waals surface area contributed by atoms with Gasteiger partial charge in [-0.2, -0.15) is 5.10 Å². The van der Waals surface area contributed by atoms with Crippen molar-refractivity contribution in [2.45, 2.75) is 39.3 Å². The number of halogens is 2. The van der Waals surface area contributed by atoms with Crippen molar-refractivity contribution in [3.8, 4) is 5.82 Å². The van der Waals surface area contributed by atoms with Gasteiger partial charge in [-0.1, -0.05) is 0 Å². The second-order valence-electron chi connectivity index (χ2n) is 5.16. The summed E-state index contributed by atoms with van der Waals surface area (Å²) in [6.45, 7) is 4.30. The van der Waals surface area contributed by atoms with Crippen molar-refractivity contribution in [3.63, 3.8) is 0 Å². The maximum Gasteiger partial charge on any atom is 0.190 e. The third-order valence-electron chi connectivity index (χ3n) is 3.51. The van der Waals surface area contributed by atoms with Crippen LogP contribution in [-0.2, 0) is 6.54 Å². The predicted octanol–water partition coefficient (Wildman–Crippen LogP) is 3.04. The van der Waals surface area contributed by atoms with Crippen LogP contribution in [0.25, 0.3) is 5.82 Å². The molecule has 0 aliphatic heterocycles. The summed E-state index contributed by atoms with van der Waals surface area (Å²) in [5.41, 5.74) is 2.30. The van der Waals surface area contributed by atoms with Crippen molar-refractivity contribution in [2.75, 3.05) is 0 Å². The Bertz CT molecular complexity index is 649. The molecule has 0 saturated heterocycles. The minimum atomic E-state index is -0.307. The highest BCUT2D eigenvalue weighted by atomic mass is 79.9. The Labute approximate surface area is 125 Å². The lowest BCUT2D eigenvalue weighted by Gasteiger charge is -2.09. The summed E-state index contributed by atoms with van der Waals surface area (Å²) in [4.78, 5) is 4.14. The lowest BCUT2D eigenvalue weighted by Crippen LogP contribution is -2.17. The van der Waals surface area contributed by atoms with E-state index < -0.39 is 0 Å². The first kappa shape index (κ1) is 13.7. The van der Waals surface area contributed by atoms with Gasteiger partial charge >= 0.3 is 0 Å². The molecule has 2 aromatic heterocycles. The number of nitrogens with zero attached hydrogens (tertiary/aromatic N) is 3. The summed E-state index contributed by atoms with van der Waals surface area (Å²) in [5, 5.41) is 7.65. The average Bonchev–Trinajstić information content (AvgIpc) is 3.22. The molecule has 20 heavy (non-hydrogen) atoms. The third kappa shape index (κ3) is 2.50. The van der Waals surface area contributed by atoms with Crippen molar-refractivity contribution in [3.05, 3.63) is 39.5 Å². The minimum absolute atomic E-state index is 0.256. The second-order valence-corrected chi connectivity index (χ2v) is 5.95. The summed E-state index contributed by atoms with van der Waals surface area (Å²) in [5.74, 6) is -0.0508. The molecule has 0 spiro atoms. The van der Waals surface area contributed by atoms with Gasteiger partial charge in [-0.3, -0.25) is 0 Å². The fourth-order valence-electron chi connectivity index (χ4n) is 2.13. The zero-order valence-corrected chi connectivity index (χ0v) is 13.0. The van der Waals surface area contributed by atoms with E-state index in [9.17, 15) is 4.39 Å². The Morgan fingerprint density at radius 2 is 2.20 bits per heavy atom. The molecule has 0 radical (unpaired) electrons. The molecule has 0 atom stereocenters. The van der Waals surface area contributed by atoms with Gasteiger partial charge in [0.1, 0.15) is 0 Å². The third-order valence-corrected chi connectivity index (χ3v) is 4.66. The van der Waals surface area contributed by atoms with E-state index in [-0.39, 0.29) is 11.6 Å². The van der Waals surface area contributed by atoms with Gasteiger partial charge in [-0.15, -0.1) is 0 Å². The molecular formula is C14H16BrFN4. The summed E-state index contributed by atoms with van der Waals surface area (Å²) in [7, 11) is 0. The number of aromatic nitrogens is 3. The predicted molar refractivity (Wildman–Crippen MR) is 78.4 cm³/mol. The van der Waals surface area contributed by atoms with Crippen LogP contribution in [0.3, 0.4) is 0 Å². The quantitative estimate of drug-likeness (QED) is 0.931. The fraction of sp³-hybridized carbons (Fsp3) is 0.429. The summed E-state index contributed by atoms with van der Waals surface area (Å²) < 4.78 is 17.0. The molecule has 106 valence electrons. The second kappa shape index (κ2) is 5.26. The van der Waals surface area contributed by atoms with Crippen LogP contribution in [0, 0.1) is 19.7 Å². The first-order valence-corrected chi connectivity index (χ1v) is 7.46. The molecule has 1 aliphatic rings. The van der Waals surface area contributed by atoms with Crippen LogP contribution in [0.1, 0.15) is 29.8 Å². The van der Waals surface area contributed by atoms with Gasteiger partial charge in [-0.25, -0.2) is 14.1 Å². The monoisotopic (exact) mass is 338 g/mol. The van der Waals surface area contributed by atoms with E-state index in [0.717, 1.165) is 15.9 Å². The first-order valence-electron chi connectivity index (χ1n) is 6.66. The number of hydrogen-bond donors (Lipinski definition) is 1. The van der Waals surface area contributed by atoms with Gasteiger partial charge in [0.2, 0.25) is 0 Å². The molecule has 1 saturated carbocycles. The smallest absolute Gasteiger partial charge is 0.190 e. The van der Waals surface area contributed by atoms with E-state index in [1.165, 1.54) is 12.8 Å². The van der Waals surface area contributed by atoms with Crippen molar-refractivity contribution < 1.29 is 4.39 Å². The Balaban J connectivity index is 1.96. The van der Waals surface area contributed by atoms with Crippen LogP contribution in [0.15, 0.2) is 16.7 Å². The first-order chi connectivity index (χ1) is 9.58. The standard InChI is InChI=1S/C14H16BrFN4/c1-8-12(15)9(2)20(19-8)14-13(16)10(5-6-17-14)7-18-11-3-4-11/h5-6,11,18H,3-4,7H2,1-2H3. The van der Waals surface area contributed by atoms with Gasteiger partial charge in [0.25, 0.3) is 0 Å². The molecule has 0 unspecified atom stereocenters. The highest BCUT2D eigenvalue weighted by molar-refractivity contribution is 9.10. The number of hydrogen-bond acceptors (Lipinski definition) is 3. The molecule has 1 aliphatic carbocycles. The van der Waals surface area contributed by atoms with Gasteiger partial charge < -0.3 is 5.32 Å². The van der Waals surface area contributed by atoms with Crippen LogP contribution < -0.4 is 5.32 Å². The molecule has 0 bridgehead atoms. The fourth-order valence-corrected chi connectivity index (χ4v) is 2.37. The molecule has 2 heterocycles. The number of rotatable bonds is 4. The summed E-state index contributed by atoms with van der Waals surface area (Å²) in [6, 6.07) is 2.27. The molecular weight excluding hydrogens is 323 g/mol. The van der Waals surface area contributed by atoms with Crippen molar-refractivity contribution in [1.29, 1.82) is 0 Å².